The van der Waals surface area contributed by atoms with Crippen molar-refractivity contribution in [1.29, 1.82) is 0 Å². The molecule has 1 amide bonds. The van der Waals surface area contributed by atoms with E-state index in [2.05, 4.69) is 39.4 Å². The molecule has 0 spiro atoms. The summed E-state index contributed by atoms with van der Waals surface area (Å²) in [5.74, 6) is 0.849. The van der Waals surface area contributed by atoms with E-state index in [4.69, 9.17) is 9.47 Å². The first kappa shape index (κ1) is 18.9. The minimum atomic E-state index is -0.744. The van der Waals surface area contributed by atoms with Crippen LogP contribution in [0.3, 0.4) is 0 Å². The van der Waals surface area contributed by atoms with E-state index < -0.39 is 6.10 Å². The van der Waals surface area contributed by atoms with Crippen LogP contribution in [0.1, 0.15) is 11.1 Å². The summed E-state index contributed by atoms with van der Waals surface area (Å²) in [4.78, 5) is 12.5. The van der Waals surface area contributed by atoms with Gasteiger partial charge in [0.25, 0.3) is 5.91 Å². The van der Waals surface area contributed by atoms with Gasteiger partial charge in [0.1, 0.15) is 6.61 Å². The molecule has 1 unspecified atom stereocenters. The zero-order chi connectivity index (χ0) is 21.0. The first-order valence-electron chi connectivity index (χ1n) is 10.1. The van der Waals surface area contributed by atoms with Crippen molar-refractivity contribution < 1.29 is 14.3 Å². The fraction of sp³-hybridized carbons (Fsp3) is 0.120. The zero-order valence-electron chi connectivity index (χ0n) is 16.8. The van der Waals surface area contributed by atoms with Crippen molar-refractivity contribution in [3.8, 4) is 11.5 Å². The second-order valence-corrected chi connectivity index (χ2v) is 7.31. The number of hydrogen-bond acceptors (Lipinski definition) is 4. The number of nitrogens with one attached hydrogen (secondary N) is 1. The number of amides is 1. The molecule has 31 heavy (non-hydrogen) atoms. The molecular weight excluding hydrogens is 390 g/mol. The van der Waals surface area contributed by atoms with Crippen molar-refractivity contribution in [1.82, 2.24) is 9.99 Å². The van der Waals surface area contributed by atoms with Crippen molar-refractivity contribution in [2.45, 2.75) is 12.6 Å². The van der Waals surface area contributed by atoms with Gasteiger partial charge in [-0.25, -0.2) is 5.43 Å². The lowest BCUT2D eigenvalue weighted by Gasteiger charge is -2.24. The average Bonchev–Trinajstić information content (AvgIpc) is 3.17. The van der Waals surface area contributed by atoms with Crippen LogP contribution in [-0.2, 0) is 11.3 Å². The Morgan fingerprint density at radius 2 is 1.74 bits per heavy atom. The number of benzene rings is 3. The van der Waals surface area contributed by atoms with E-state index in [0.29, 0.717) is 11.5 Å². The molecule has 0 saturated heterocycles. The monoisotopic (exact) mass is 411 g/mol. The lowest BCUT2D eigenvalue weighted by atomic mass is 10.2. The Morgan fingerprint density at radius 3 is 2.61 bits per heavy atom. The summed E-state index contributed by atoms with van der Waals surface area (Å²) in [6, 6.07) is 25.7. The molecule has 1 N–H and O–H groups in total. The first-order valence-corrected chi connectivity index (χ1v) is 10.1. The summed E-state index contributed by atoms with van der Waals surface area (Å²) in [5, 5.41) is 5.24. The van der Waals surface area contributed by atoms with Crippen molar-refractivity contribution in [3.63, 3.8) is 0 Å². The van der Waals surface area contributed by atoms with Crippen molar-refractivity contribution in [2.24, 2.45) is 5.10 Å². The number of ether oxygens (including phenoxy) is 2. The summed E-state index contributed by atoms with van der Waals surface area (Å²) in [5.41, 5.74) is 5.83. The summed E-state index contributed by atoms with van der Waals surface area (Å²) >= 11 is 0. The van der Waals surface area contributed by atoms with E-state index in [0.717, 1.165) is 23.0 Å². The van der Waals surface area contributed by atoms with E-state index in [-0.39, 0.29) is 12.5 Å². The summed E-state index contributed by atoms with van der Waals surface area (Å²) in [7, 11) is 0. The summed E-state index contributed by atoms with van der Waals surface area (Å²) in [6.07, 6.45) is 2.97. The fourth-order valence-electron chi connectivity index (χ4n) is 3.68. The Balaban J connectivity index is 1.31. The molecule has 1 aromatic heterocycles. The van der Waals surface area contributed by atoms with Gasteiger partial charge in [-0.15, -0.1) is 0 Å². The van der Waals surface area contributed by atoms with Gasteiger partial charge in [-0.05, 0) is 23.8 Å². The Bertz CT molecular complexity index is 1250. The Morgan fingerprint density at radius 1 is 1.00 bits per heavy atom. The summed E-state index contributed by atoms with van der Waals surface area (Å²) in [6.45, 7) is 0.906. The second kappa shape index (κ2) is 8.36. The molecule has 0 bridgehead atoms. The molecule has 0 saturated carbocycles. The highest BCUT2D eigenvalue weighted by Crippen LogP contribution is 2.30. The molecule has 6 heteroatoms. The molecule has 1 atom stereocenters. The van der Waals surface area contributed by atoms with Crippen LogP contribution in [0.15, 0.2) is 90.2 Å². The molecule has 0 aliphatic carbocycles. The van der Waals surface area contributed by atoms with Crippen LogP contribution in [0, 0.1) is 0 Å². The van der Waals surface area contributed by atoms with Gasteiger partial charge in [-0.2, -0.15) is 5.10 Å². The largest absolute Gasteiger partial charge is 0.485 e. The van der Waals surface area contributed by atoms with Gasteiger partial charge in [0.05, 0.1) is 6.21 Å². The third-order valence-corrected chi connectivity index (χ3v) is 5.19. The van der Waals surface area contributed by atoms with Gasteiger partial charge in [0, 0.05) is 29.2 Å². The van der Waals surface area contributed by atoms with E-state index >= 15 is 0 Å². The van der Waals surface area contributed by atoms with E-state index in [1.54, 1.807) is 12.3 Å². The maximum absolute atomic E-state index is 12.5. The predicted octanol–water partition coefficient (Wildman–Crippen LogP) is 3.98. The minimum Gasteiger partial charge on any atom is -0.485 e. The number of nitrogens with zero attached hydrogens (tertiary/aromatic N) is 2. The maximum Gasteiger partial charge on any atom is 0.284 e. The Labute approximate surface area is 179 Å². The number of hydrazone groups is 1. The molecule has 1 aliphatic heterocycles. The highest BCUT2D eigenvalue weighted by atomic mass is 16.6. The van der Waals surface area contributed by atoms with Gasteiger partial charge in [0.2, 0.25) is 6.10 Å². The fourth-order valence-corrected chi connectivity index (χ4v) is 3.68. The Hall–Kier alpha value is -4.06. The van der Waals surface area contributed by atoms with E-state index in [1.807, 2.05) is 54.7 Å². The van der Waals surface area contributed by atoms with Crippen LogP contribution in [-0.4, -0.2) is 29.4 Å². The number of carbonyl (C=O) groups is 1. The number of fused-ring (bicyclic) bond motifs is 2. The van der Waals surface area contributed by atoms with Gasteiger partial charge in [-0.1, -0.05) is 60.7 Å². The molecule has 3 aromatic carbocycles. The molecule has 154 valence electrons. The van der Waals surface area contributed by atoms with Crippen LogP contribution < -0.4 is 14.9 Å². The number of hydrogen-bond donors (Lipinski definition) is 1. The van der Waals surface area contributed by atoms with Crippen LogP contribution in [0.5, 0.6) is 11.5 Å². The zero-order valence-corrected chi connectivity index (χ0v) is 16.8. The number of aromatic nitrogens is 1. The molecular formula is C25H21N3O3. The number of para-hydroxylation sites is 3. The molecule has 1 aliphatic rings. The standard InChI is InChI=1S/C25H21N3O3/c29-25(24-17-30-22-12-6-7-13-23(22)31-24)27-26-14-19-16-28(15-18-8-2-1-3-9-18)21-11-5-4-10-20(19)21/h1-14,16,24H,15,17H2,(H,27,29)/b26-14-. The predicted molar refractivity (Wildman–Crippen MR) is 120 cm³/mol. The van der Waals surface area contributed by atoms with Crippen LogP contribution in [0.2, 0.25) is 0 Å². The lowest BCUT2D eigenvalue weighted by Crippen LogP contribution is -2.42. The van der Waals surface area contributed by atoms with Gasteiger partial charge >= 0.3 is 0 Å². The highest BCUT2D eigenvalue weighted by molar-refractivity contribution is 5.99. The maximum atomic E-state index is 12.5. The molecule has 4 aromatic rings. The van der Waals surface area contributed by atoms with Crippen LogP contribution >= 0.6 is 0 Å². The smallest absolute Gasteiger partial charge is 0.284 e. The van der Waals surface area contributed by atoms with Crippen molar-refractivity contribution in [3.05, 3.63) is 96.2 Å². The normalized spacial score (nSPS) is 15.3. The average molecular weight is 411 g/mol. The number of carbonyl (C=O) groups excluding carboxylic acids is 1. The van der Waals surface area contributed by atoms with Crippen LogP contribution in [0.25, 0.3) is 10.9 Å². The quantitative estimate of drug-likeness (QED) is 0.399. The van der Waals surface area contributed by atoms with Crippen LogP contribution in [0.4, 0.5) is 0 Å². The van der Waals surface area contributed by atoms with E-state index in [1.165, 1.54) is 5.56 Å². The van der Waals surface area contributed by atoms with Gasteiger partial charge < -0.3 is 14.0 Å². The molecule has 0 radical (unpaired) electrons. The minimum absolute atomic E-state index is 0.148. The molecule has 5 rings (SSSR count). The van der Waals surface area contributed by atoms with E-state index in [9.17, 15) is 4.79 Å². The van der Waals surface area contributed by atoms with Crippen molar-refractivity contribution >= 4 is 23.0 Å². The second-order valence-electron chi connectivity index (χ2n) is 7.31. The summed E-state index contributed by atoms with van der Waals surface area (Å²) < 4.78 is 13.5. The Kier molecular flexibility index (Phi) is 5.10. The SMILES string of the molecule is O=C(N/N=C\c1cn(Cc2ccccc2)c2ccccc12)C1COc2ccccc2O1. The lowest BCUT2D eigenvalue weighted by molar-refractivity contribution is -0.130. The number of rotatable bonds is 5. The molecule has 6 nitrogen and oxygen atoms in total. The van der Waals surface area contributed by atoms with Gasteiger partial charge in [0.15, 0.2) is 11.5 Å². The van der Waals surface area contributed by atoms with Gasteiger partial charge in [-0.3, -0.25) is 4.79 Å². The van der Waals surface area contributed by atoms with Crippen molar-refractivity contribution in [2.75, 3.05) is 6.61 Å². The third kappa shape index (κ3) is 4.00. The third-order valence-electron chi connectivity index (χ3n) is 5.19. The molecule has 0 fully saturated rings. The highest BCUT2D eigenvalue weighted by Gasteiger charge is 2.27. The first-order chi connectivity index (χ1) is 15.3. The topological polar surface area (TPSA) is 64.9 Å². The molecule has 2 heterocycles.